The number of hydrogen-bond acceptors (Lipinski definition) is 6. The van der Waals surface area contributed by atoms with Crippen molar-refractivity contribution < 1.29 is 9.94 Å². The Morgan fingerprint density at radius 1 is 0.457 bits per heavy atom. The molecule has 0 radical (unpaired) electrons. The van der Waals surface area contributed by atoms with Gasteiger partial charge in [-0.2, -0.15) is 5.06 Å². The topological polar surface area (TPSA) is 42.4 Å². The molecule has 0 spiro atoms. The van der Waals surface area contributed by atoms with Crippen LogP contribution in [0.1, 0.15) is 194 Å². The fourth-order valence-electron chi connectivity index (χ4n) is 6.85. The average Bonchev–Trinajstić information content (AvgIpc) is 3.48. The molecule has 0 aromatic rings. The highest BCUT2D eigenvalue weighted by Crippen LogP contribution is 2.14. The summed E-state index contributed by atoms with van der Waals surface area (Å²) in [5, 5.41) is 11.1. The van der Waals surface area contributed by atoms with Crippen LogP contribution in [0.5, 0.6) is 0 Å². The van der Waals surface area contributed by atoms with E-state index in [0.29, 0.717) is 13.4 Å². The van der Waals surface area contributed by atoms with Gasteiger partial charge in [-0.25, -0.2) is 0 Å². The van der Waals surface area contributed by atoms with Crippen LogP contribution in [0.15, 0.2) is 0 Å². The van der Waals surface area contributed by atoms with Gasteiger partial charge in [0.05, 0.1) is 19.9 Å². The molecule has 6 heteroatoms. The first-order valence-electron chi connectivity index (χ1n) is 20.9. The van der Waals surface area contributed by atoms with E-state index < -0.39 is 0 Å². The van der Waals surface area contributed by atoms with Gasteiger partial charge in [-0.05, 0) is 38.9 Å². The number of nitrogens with zero attached hydrogens (tertiary/aromatic N) is 4. The maximum absolute atomic E-state index is 9.70. The van der Waals surface area contributed by atoms with Crippen LogP contribution in [0.3, 0.4) is 0 Å². The van der Waals surface area contributed by atoms with E-state index in [1.165, 1.54) is 198 Å². The third kappa shape index (κ3) is 28.7. The van der Waals surface area contributed by atoms with Gasteiger partial charge < -0.3 is 9.94 Å². The molecule has 1 heterocycles. The van der Waals surface area contributed by atoms with Gasteiger partial charge in [0.25, 0.3) is 0 Å². The second-order valence-corrected chi connectivity index (χ2v) is 14.7. The van der Waals surface area contributed by atoms with Crippen molar-refractivity contribution in [2.24, 2.45) is 0 Å². The summed E-state index contributed by atoms with van der Waals surface area (Å²) in [6.45, 7) is 16.4. The van der Waals surface area contributed by atoms with Gasteiger partial charge in [-0.1, -0.05) is 175 Å². The molecule has 0 aromatic carbocycles. The number of hydrogen-bond donors (Lipinski definition) is 1. The lowest BCUT2D eigenvalue weighted by Gasteiger charge is -2.31. The lowest BCUT2D eigenvalue weighted by atomic mass is 10.1. The molecule has 0 aliphatic carbocycles. The Hall–Kier alpha value is -0.240. The smallest absolute Gasteiger partial charge is 0.100 e. The van der Waals surface area contributed by atoms with Crippen molar-refractivity contribution in [3.8, 4) is 0 Å². The van der Waals surface area contributed by atoms with Gasteiger partial charge in [-0.15, -0.1) is 0 Å². The summed E-state index contributed by atoms with van der Waals surface area (Å²) >= 11 is 0. The molecule has 1 saturated heterocycles. The molecule has 0 saturated carbocycles. The third-order valence-corrected chi connectivity index (χ3v) is 10.00. The van der Waals surface area contributed by atoms with Crippen molar-refractivity contribution in [2.75, 3.05) is 65.9 Å². The van der Waals surface area contributed by atoms with Crippen LogP contribution >= 0.6 is 0 Å². The van der Waals surface area contributed by atoms with Gasteiger partial charge in [-0.3, -0.25) is 14.7 Å². The van der Waals surface area contributed by atoms with E-state index in [0.717, 1.165) is 32.9 Å². The number of rotatable bonds is 37. The maximum atomic E-state index is 9.70. The SMILES string of the molecule is CCCCCCCCCCCCN(CCCCCCCCCCCC)CN(CCCCCCCCC)CCOCN1CCN(O)C1. The minimum Gasteiger partial charge on any atom is -0.365 e. The number of ether oxygens (including phenoxy) is 1. The van der Waals surface area contributed by atoms with E-state index in [9.17, 15) is 5.21 Å². The first-order valence-corrected chi connectivity index (χ1v) is 20.9. The highest BCUT2D eigenvalue weighted by atomic mass is 16.5. The van der Waals surface area contributed by atoms with E-state index in [4.69, 9.17) is 4.74 Å². The van der Waals surface area contributed by atoms with Crippen LogP contribution in [-0.2, 0) is 4.74 Å². The van der Waals surface area contributed by atoms with E-state index in [-0.39, 0.29) is 0 Å². The van der Waals surface area contributed by atoms with Crippen LogP contribution in [0.25, 0.3) is 0 Å². The Morgan fingerprint density at radius 2 is 0.804 bits per heavy atom. The molecule has 1 fully saturated rings. The summed E-state index contributed by atoms with van der Waals surface area (Å²) in [4.78, 5) is 7.67. The molecule has 6 nitrogen and oxygen atoms in total. The minimum atomic E-state index is 0.604. The molecule has 1 rings (SSSR count). The summed E-state index contributed by atoms with van der Waals surface area (Å²) in [5.41, 5.74) is 0. The standard InChI is InChI=1S/C40H84N4O2/c1-4-7-10-13-16-18-20-23-26-28-31-41(32-29-27-24-21-19-17-14-11-8-5-2)38-42(33-30-25-22-15-12-9-6-3)36-37-46-40-43-34-35-44(45)39-43/h45H,4-40H2,1-3H3. The normalized spacial score (nSPS) is 14.5. The zero-order valence-electron chi connectivity index (χ0n) is 31.8. The number of hydroxylamine groups is 2. The number of unbranched alkanes of at least 4 members (excludes halogenated alkanes) is 24. The predicted molar refractivity (Wildman–Crippen MR) is 201 cm³/mol. The minimum absolute atomic E-state index is 0.604. The second-order valence-electron chi connectivity index (χ2n) is 14.7. The molecule has 0 aromatic heterocycles. The molecule has 0 unspecified atom stereocenters. The van der Waals surface area contributed by atoms with Crippen molar-refractivity contribution in [1.82, 2.24) is 19.8 Å². The quantitative estimate of drug-likeness (QED) is 0.0532. The lowest BCUT2D eigenvalue weighted by Crippen LogP contribution is -2.41. The molecule has 1 N–H and O–H groups in total. The van der Waals surface area contributed by atoms with Gasteiger partial charge in [0.15, 0.2) is 0 Å². The summed E-state index contributed by atoms with van der Waals surface area (Å²) in [5.74, 6) is 0. The summed E-state index contributed by atoms with van der Waals surface area (Å²) < 4.78 is 6.11. The van der Waals surface area contributed by atoms with Crippen LogP contribution in [0.2, 0.25) is 0 Å². The molecule has 1 aliphatic rings. The van der Waals surface area contributed by atoms with Gasteiger partial charge in [0, 0.05) is 19.6 Å². The maximum Gasteiger partial charge on any atom is 0.100 e. The molecule has 0 atom stereocenters. The van der Waals surface area contributed by atoms with Crippen LogP contribution in [0.4, 0.5) is 0 Å². The summed E-state index contributed by atoms with van der Waals surface area (Å²) in [6, 6.07) is 0. The van der Waals surface area contributed by atoms with E-state index in [2.05, 4.69) is 35.5 Å². The van der Waals surface area contributed by atoms with Crippen molar-refractivity contribution in [2.45, 2.75) is 194 Å². The molecular formula is C40H84N4O2. The van der Waals surface area contributed by atoms with Gasteiger partial charge >= 0.3 is 0 Å². The molecule has 276 valence electrons. The first kappa shape index (κ1) is 43.8. The molecule has 0 bridgehead atoms. The Balaban J connectivity index is 2.49. The first-order chi connectivity index (χ1) is 22.7. The Labute approximate surface area is 289 Å². The van der Waals surface area contributed by atoms with E-state index in [1.807, 2.05) is 0 Å². The van der Waals surface area contributed by atoms with Gasteiger partial charge in [0.1, 0.15) is 6.73 Å². The Morgan fingerprint density at radius 3 is 1.15 bits per heavy atom. The third-order valence-electron chi connectivity index (χ3n) is 10.00. The second kappa shape index (κ2) is 34.6. The monoisotopic (exact) mass is 653 g/mol. The van der Waals surface area contributed by atoms with Crippen LogP contribution in [0, 0.1) is 0 Å². The molecule has 46 heavy (non-hydrogen) atoms. The zero-order chi connectivity index (χ0) is 33.2. The van der Waals surface area contributed by atoms with E-state index >= 15 is 0 Å². The predicted octanol–water partition coefficient (Wildman–Crippen LogP) is 11.1. The lowest BCUT2D eigenvalue weighted by molar-refractivity contribution is -0.0913. The fourth-order valence-corrected chi connectivity index (χ4v) is 6.85. The Kier molecular flexibility index (Phi) is 32.9. The zero-order valence-corrected chi connectivity index (χ0v) is 31.8. The summed E-state index contributed by atoms with van der Waals surface area (Å²) in [6.07, 6.45) is 37.8. The fraction of sp³-hybridized carbons (Fsp3) is 1.00. The van der Waals surface area contributed by atoms with Crippen molar-refractivity contribution in [1.29, 1.82) is 0 Å². The molecule has 0 amide bonds. The van der Waals surface area contributed by atoms with Gasteiger partial charge in [0.2, 0.25) is 0 Å². The highest BCUT2D eigenvalue weighted by molar-refractivity contribution is 4.65. The van der Waals surface area contributed by atoms with Crippen molar-refractivity contribution >= 4 is 0 Å². The largest absolute Gasteiger partial charge is 0.365 e. The summed E-state index contributed by atoms with van der Waals surface area (Å²) in [7, 11) is 0. The Bertz CT molecular complexity index is 572. The average molecular weight is 653 g/mol. The van der Waals surface area contributed by atoms with Crippen molar-refractivity contribution in [3.05, 3.63) is 0 Å². The van der Waals surface area contributed by atoms with Crippen LogP contribution < -0.4 is 0 Å². The van der Waals surface area contributed by atoms with Crippen molar-refractivity contribution in [3.63, 3.8) is 0 Å². The molecule has 1 aliphatic heterocycles. The van der Waals surface area contributed by atoms with E-state index in [1.54, 1.807) is 0 Å². The molecular weight excluding hydrogens is 568 g/mol. The van der Waals surface area contributed by atoms with Crippen LogP contribution in [-0.4, -0.2) is 90.9 Å². The highest BCUT2D eigenvalue weighted by Gasteiger charge is 2.18.